The quantitative estimate of drug-likeness (QED) is 0.380. The fourth-order valence-electron chi connectivity index (χ4n) is 0.0605. The lowest BCUT2D eigenvalue weighted by Gasteiger charge is -2.00. The van der Waals surface area contributed by atoms with E-state index in [0.29, 0.717) is 0 Å². The maximum atomic E-state index is 9.72. The van der Waals surface area contributed by atoms with Crippen LogP contribution in [-0.2, 0) is 0 Å². The van der Waals surface area contributed by atoms with Gasteiger partial charge < -0.3 is 5.11 Å². The van der Waals surface area contributed by atoms with Crippen LogP contribution in [0.3, 0.4) is 0 Å². The molecule has 1 amide bonds. The van der Waals surface area contributed by atoms with Crippen molar-refractivity contribution in [1.82, 2.24) is 5.01 Å². The zero-order valence-electron chi connectivity index (χ0n) is 3.96. The molecule has 0 rings (SSSR count). The van der Waals surface area contributed by atoms with Crippen LogP contribution < -0.4 is 0 Å². The zero-order chi connectivity index (χ0) is 5.86. The Kier molecular flexibility index (Phi) is 1.84. The van der Waals surface area contributed by atoms with Gasteiger partial charge in [0, 0.05) is 13.8 Å². The summed E-state index contributed by atoms with van der Waals surface area (Å²) in [6.45, 7) is 2.98. The van der Waals surface area contributed by atoms with Crippen molar-refractivity contribution in [1.29, 1.82) is 0 Å². The van der Waals surface area contributed by atoms with Crippen LogP contribution >= 0.6 is 0 Å². The third kappa shape index (κ3) is 1.75. The monoisotopic (exact) mass is 102 g/mol. The van der Waals surface area contributed by atoms with E-state index in [0.717, 1.165) is 5.01 Å². The minimum absolute atomic E-state index is 0.722. The van der Waals surface area contributed by atoms with Crippen LogP contribution in [0.4, 0.5) is 4.79 Å². The molecule has 0 heterocycles. The molecule has 0 fully saturated rings. The average molecular weight is 102 g/mol. The number of rotatable bonds is 1. The second-order valence-corrected chi connectivity index (χ2v) is 0.948. The molecule has 0 saturated heterocycles. The van der Waals surface area contributed by atoms with Crippen LogP contribution in [0.25, 0.3) is 0 Å². The Morgan fingerprint density at radius 1 is 2.00 bits per heavy atom. The van der Waals surface area contributed by atoms with Crippen molar-refractivity contribution >= 4 is 12.8 Å². The summed E-state index contributed by atoms with van der Waals surface area (Å²) < 4.78 is 0. The van der Waals surface area contributed by atoms with Gasteiger partial charge in [-0.3, -0.25) is 0 Å². The first kappa shape index (κ1) is 5.94. The Morgan fingerprint density at radius 2 is 2.43 bits per heavy atom. The molecule has 0 aromatic rings. The van der Waals surface area contributed by atoms with Crippen LogP contribution in [0.1, 0.15) is 0 Å². The average Bonchev–Trinajstić information content (AvgIpc) is 1.65. The van der Waals surface area contributed by atoms with Gasteiger partial charge >= 0.3 is 6.09 Å². The molecule has 4 nitrogen and oxygen atoms in total. The summed E-state index contributed by atoms with van der Waals surface area (Å²) in [6, 6.07) is 0. The van der Waals surface area contributed by atoms with E-state index in [4.69, 9.17) is 5.11 Å². The van der Waals surface area contributed by atoms with Crippen LogP contribution in [0, 0.1) is 0 Å². The predicted molar refractivity (Wildman–Crippen MR) is 25.3 cm³/mol. The molecule has 0 aromatic carbocycles. The topological polar surface area (TPSA) is 52.9 Å². The SMILES string of the molecule is C=NN(C)C(=O)O. The van der Waals surface area contributed by atoms with Gasteiger partial charge in [0.2, 0.25) is 0 Å². The molecular formula is C3H6N2O2. The zero-order valence-corrected chi connectivity index (χ0v) is 3.96. The van der Waals surface area contributed by atoms with Gasteiger partial charge in [-0.25, -0.2) is 9.80 Å². The van der Waals surface area contributed by atoms with Crippen LogP contribution in [0.5, 0.6) is 0 Å². The molecule has 0 aromatic heterocycles. The Morgan fingerprint density at radius 3 is 2.43 bits per heavy atom. The van der Waals surface area contributed by atoms with Gasteiger partial charge in [0.1, 0.15) is 0 Å². The number of hydrogen-bond acceptors (Lipinski definition) is 2. The van der Waals surface area contributed by atoms with Gasteiger partial charge in [-0.1, -0.05) is 0 Å². The Bertz CT molecular complexity index is 90.9. The van der Waals surface area contributed by atoms with Crippen molar-refractivity contribution in [3.63, 3.8) is 0 Å². The molecule has 40 valence electrons. The predicted octanol–water partition coefficient (Wildman–Crippen LogP) is 0.212. The van der Waals surface area contributed by atoms with Gasteiger partial charge in [0.05, 0.1) is 0 Å². The molecule has 0 atom stereocenters. The molecule has 4 heteroatoms. The van der Waals surface area contributed by atoms with Crippen LogP contribution in [0.2, 0.25) is 0 Å². The number of hydrogen-bond donors (Lipinski definition) is 1. The molecule has 0 aliphatic rings. The van der Waals surface area contributed by atoms with Gasteiger partial charge in [-0.15, -0.1) is 0 Å². The minimum Gasteiger partial charge on any atom is -0.464 e. The van der Waals surface area contributed by atoms with Gasteiger partial charge in [0.25, 0.3) is 0 Å². The Balaban J connectivity index is 3.55. The van der Waals surface area contributed by atoms with E-state index in [2.05, 4.69) is 11.8 Å². The molecule has 0 bridgehead atoms. The summed E-state index contributed by atoms with van der Waals surface area (Å²) in [5.41, 5.74) is 0. The van der Waals surface area contributed by atoms with Crippen molar-refractivity contribution in [2.45, 2.75) is 0 Å². The van der Waals surface area contributed by atoms with Crippen molar-refractivity contribution in [2.75, 3.05) is 7.05 Å². The summed E-state index contributed by atoms with van der Waals surface area (Å²) in [6.07, 6.45) is -1.10. The molecule has 0 aliphatic heterocycles. The lowest BCUT2D eigenvalue weighted by Crippen LogP contribution is -2.16. The fraction of sp³-hybridized carbons (Fsp3) is 0.333. The summed E-state index contributed by atoms with van der Waals surface area (Å²) in [4.78, 5) is 9.72. The highest BCUT2D eigenvalue weighted by atomic mass is 16.4. The van der Waals surface area contributed by atoms with E-state index < -0.39 is 6.09 Å². The van der Waals surface area contributed by atoms with Crippen molar-refractivity contribution in [3.05, 3.63) is 0 Å². The van der Waals surface area contributed by atoms with Crippen molar-refractivity contribution in [2.24, 2.45) is 5.10 Å². The number of carboxylic acid groups (broad SMARTS) is 1. The Labute approximate surface area is 41.1 Å². The van der Waals surface area contributed by atoms with Crippen molar-refractivity contribution < 1.29 is 9.90 Å². The molecular weight excluding hydrogens is 96.0 g/mol. The maximum Gasteiger partial charge on any atom is 0.427 e. The Hall–Kier alpha value is -1.06. The van der Waals surface area contributed by atoms with E-state index in [9.17, 15) is 4.79 Å². The molecule has 0 spiro atoms. The first-order chi connectivity index (χ1) is 3.18. The fourth-order valence-corrected chi connectivity index (χ4v) is 0.0605. The largest absolute Gasteiger partial charge is 0.464 e. The van der Waals surface area contributed by atoms with E-state index in [-0.39, 0.29) is 0 Å². The molecule has 1 N–H and O–H groups in total. The summed E-state index contributed by atoms with van der Waals surface area (Å²) in [5.74, 6) is 0. The smallest absolute Gasteiger partial charge is 0.427 e. The highest BCUT2D eigenvalue weighted by molar-refractivity contribution is 5.64. The van der Waals surface area contributed by atoms with Crippen molar-refractivity contribution in [3.8, 4) is 0 Å². The normalized spacial score (nSPS) is 7.57. The second kappa shape index (κ2) is 2.17. The standard InChI is InChI=1S/C3H6N2O2/c1-4-5(2)3(6)7/h1H2,2H3,(H,6,7). The van der Waals surface area contributed by atoms with Crippen LogP contribution in [0.15, 0.2) is 5.10 Å². The lowest BCUT2D eigenvalue weighted by atomic mass is 11.0. The van der Waals surface area contributed by atoms with E-state index in [1.54, 1.807) is 0 Å². The van der Waals surface area contributed by atoms with E-state index in [1.807, 2.05) is 0 Å². The minimum atomic E-state index is -1.10. The molecule has 0 aliphatic carbocycles. The van der Waals surface area contributed by atoms with Gasteiger partial charge in [-0.05, 0) is 0 Å². The maximum absolute atomic E-state index is 9.72. The molecule has 0 saturated carbocycles. The third-order valence-electron chi connectivity index (χ3n) is 0.489. The van der Waals surface area contributed by atoms with Crippen LogP contribution in [-0.4, -0.2) is 30.0 Å². The first-order valence-electron chi connectivity index (χ1n) is 1.61. The summed E-state index contributed by atoms with van der Waals surface area (Å²) >= 11 is 0. The third-order valence-corrected chi connectivity index (χ3v) is 0.489. The van der Waals surface area contributed by atoms with Gasteiger partial charge in [0.15, 0.2) is 0 Å². The lowest BCUT2D eigenvalue weighted by molar-refractivity contribution is 0.158. The highest BCUT2D eigenvalue weighted by Gasteiger charge is 1.97. The number of hydrazone groups is 1. The number of amides is 1. The molecule has 7 heavy (non-hydrogen) atoms. The summed E-state index contributed by atoms with van der Waals surface area (Å²) in [7, 11) is 1.30. The molecule has 0 radical (unpaired) electrons. The summed E-state index contributed by atoms with van der Waals surface area (Å²) in [5, 5.41) is 11.8. The first-order valence-corrected chi connectivity index (χ1v) is 1.61. The number of nitrogens with zero attached hydrogens (tertiary/aromatic N) is 2. The highest BCUT2D eigenvalue weighted by Crippen LogP contribution is 1.78. The molecule has 0 unspecified atom stereocenters. The second-order valence-electron chi connectivity index (χ2n) is 0.948. The number of carbonyl (C=O) groups is 1. The van der Waals surface area contributed by atoms with E-state index >= 15 is 0 Å². The van der Waals surface area contributed by atoms with E-state index in [1.165, 1.54) is 7.05 Å². The van der Waals surface area contributed by atoms with Gasteiger partial charge in [-0.2, -0.15) is 5.10 Å².